The first-order valence-electron chi connectivity index (χ1n) is 6.79. The second kappa shape index (κ2) is 8.24. The number of urea groups is 1. The molecular weight excluding hydrogens is 260 g/mol. The topological polar surface area (TPSA) is 82.8 Å². The highest BCUT2D eigenvalue weighted by Crippen LogP contribution is 2.07. The number of nitrogens with one attached hydrogen (secondary N) is 1. The standard InChI is InChI=1S/C14H22N2O4/c1-3-16(10-12-5-4-8-20-12)14(19)15-9-11(2)6-7-13(17)18/h4-5,8,11H,3,6-7,9-10H2,1-2H3,(H,15,19)(H,17,18). The van der Waals surface area contributed by atoms with Crippen molar-refractivity contribution in [2.24, 2.45) is 5.92 Å². The molecule has 6 heteroatoms. The molecule has 0 saturated carbocycles. The van der Waals surface area contributed by atoms with Crippen LogP contribution in [-0.4, -0.2) is 35.1 Å². The molecule has 0 radical (unpaired) electrons. The molecule has 2 N–H and O–H groups in total. The number of carboxylic acids is 1. The van der Waals surface area contributed by atoms with Crippen LogP contribution in [0.3, 0.4) is 0 Å². The van der Waals surface area contributed by atoms with Gasteiger partial charge in [0.25, 0.3) is 0 Å². The Kier molecular flexibility index (Phi) is 6.63. The minimum Gasteiger partial charge on any atom is -0.481 e. The number of carboxylic acid groups (broad SMARTS) is 1. The molecule has 0 spiro atoms. The van der Waals surface area contributed by atoms with Gasteiger partial charge in [-0.05, 0) is 31.4 Å². The molecule has 1 aromatic rings. The van der Waals surface area contributed by atoms with Gasteiger partial charge in [-0.2, -0.15) is 0 Å². The summed E-state index contributed by atoms with van der Waals surface area (Å²) >= 11 is 0. The van der Waals surface area contributed by atoms with Gasteiger partial charge < -0.3 is 19.7 Å². The Labute approximate surface area is 118 Å². The van der Waals surface area contributed by atoms with Crippen molar-refractivity contribution in [3.05, 3.63) is 24.2 Å². The second-order valence-corrected chi connectivity index (χ2v) is 4.82. The van der Waals surface area contributed by atoms with Crippen LogP contribution in [0.2, 0.25) is 0 Å². The molecule has 1 heterocycles. The van der Waals surface area contributed by atoms with Crippen LogP contribution in [0, 0.1) is 5.92 Å². The Morgan fingerprint density at radius 1 is 1.50 bits per heavy atom. The number of aliphatic carboxylic acids is 1. The van der Waals surface area contributed by atoms with E-state index in [1.54, 1.807) is 17.2 Å². The van der Waals surface area contributed by atoms with E-state index in [1.807, 2.05) is 19.9 Å². The number of hydrogen-bond donors (Lipinski definition) is 2. The summed E-state index contributed by atoms with van der Waals surface area (Å²) in [5.74, 6) is 0.0643. The zero-order valence-electron chi connectivity index (χ0n) is 12.0. The van der Waals surface area contributed by atoms with E-state index in [1.165, 1.54) is 0 Å². The molecule has 1 rings (SSSR count). The fourth-order valence-corrected chi connectivity index (χ4v) is 1.76. The van der Waals surface area contributed by atoms with Gasteiger partial charge in [0.15, 0.2) is 0 Å². The smallest absolute Gasteiger partial charge is 0.317 e. The molecule has 0 aliphatic rings. The summed E-state index contributed by atoms with van der Waals surface area (Å²) in [6.07, 6.45) is 2.26. The van der Waals surface area contributed by atoms with Gasteiger partial charge in [-0.1, -0.05) is 6.92 Å². The molecule has 0 aliphatic heterocycles. The zero-order valence-corrected chi connectivity index (χ0v) is 12.0. The van der Waals surface area contributed by atoms with Crippen LogP contribution in [0.4, 0.5) is 4.79 Å². The van der Waals surface area contributed by atoms with E-state index in [0.717, 1.165) is 5.76 Å². The van der Waals surface area contributed by atoms with Gasteiger partial charge in [-0.3, -0.25) is 4.79 Å². The normalized spacial score (nSPS) is 11.9. The molecule has 0 saturated heterocycles. The van der Waals surface area contributed by atoms with Crippen LogP contribution in [0.1, 0.15) is 32.4 Å². The third-order valence-corrected chi connectivity index (χ3v) is 3.05. The van der Waals surface area contributed by atoms with Crippen LogP contribution < -0.4 is 5.32 Å². The molecule has 112 valence electrons. The molecular formula is C14H22N2O4. The molecule has 2 amide bonds. The first kappa shape index (κ1) is 16.1. The SMILES string of the molecule is CCN(Cc1ccco1)C(=O)NCC(C)CCC(=O)O. The van der Waals surface area contributed by atoms with Crippen molar-refractivity contribution in [3.63, 3.8) is 0 Å². The maximum absolute atomic E-state index is 12.0. The highest BCUT2D eigenvalue weighted by molar-refractivity contribution is 5.74. The Morgan fingerprint density at radius 3 is 2.80 bits per heavy atom. The number of amides is 2. The van der Waals surface area contributed by atoms with E-state index < -0.39 is 5.97 Å². The highest BCUT2D eigenvalue weighted by atomic mass is 16.4. The minimum absolute atomic E-state index is 0.126. The lowest BCUT2D eigenvalue weighted by atomic mass is 10.1. The van der Waals surface area contributed by atoms with E-state index in [9.17, 15) is 9.59 Å². The van der Waals surface area contributed by atoms with Gasteiger partial charge in [0, 0.05) is 19.5 Å². The van der Waals surface area contributed by atoms with Crippen molar-refractivity contribution in [1.29, 1.82) is 0 Å². The summed E-state index contributed by atoms with van der Waals surface area (Å²) in [7, 11) is 0. The predicted molar refractivity (Wildman–Crippen MR) is 74.2 cm³/mol. The second-order valence-electron chi connectivity index (χ2n) is 4.82. The number of carbonyl (C=O) groups is 2. The molecule has 0 aromatic carbocycles. The Morgan fingerprint density at radius 2 is 2.25 bits per heavy atom. The van der Waals surface area contributed by atoms with Crippen LogP contribution in [0.15, 0.2) is 22.8 Å². The lowest BCUT2D eigenvalue weighted by molar-refractivity contribution is -0.137. The quantitative estimate of drug-likeness (QED) is 0.766. The van der Waals surface area contributed by atoms with Gasteiger partial charge in [-0.25, -0.2) is 4.79 Å². The fourth-order valence-electron chi connectivity index (χ4n) is 1.76. The monoisotopic (exact) mass is 282 g/mol. The summed E-state index contributed by atoms with van der Waals surface area (Å²) < 4.78 is 5.22. The van der Waals surface area contributed by atoms with Gasteiger partial charge in [-0.15, -0.1) is 0 Å². The first-order valence-corrected chi connectivity index (χ1v) is 6.79. The summed E-state index contributed by atoms with van der Waals surface area (Å²) in [5, 5.41) is 11.4. The molecule has 20 heavy (non-hydrogen) atoms. The van der Waals surface area contributed by atoms with E-state index in [-0.39, 0.29) is 18.4 Å². The Balaban J connectivity index is 2.34. The summed E-state index contributed by atoms with van der Waals surface area (Å²) in [6.45, 7) is 5.30. The Hall–Kier alpha value is -1.98. The van der Waals surface area contributed by atoms with Crippen LogP contribution in [0.25, 0.3) is 0 Å². The molecule has 0 bridgehead atoms. The molecule has 1 atom stereocenters. The molecule has 6 nitrogen and oxygen atoms in total. The van der Waals surface area contributed by atoms with Crippen LogP contribution in [-0.2, 0) is 11.3 Å². The van der Waals surface area contributed by atoms with Crippen molar-refractivity contribution < 1.29 is 19.1 Å². The number of hydrogen-bond acceptors (Lipinski definition) is 3. The minimum atomic E-state index is -0.809. The van der Waals surface area contributed by atoms with E-state index in [2.05, 4.69) is 5.32 Å². The third kappa shape index (κ3) is 5.77. The average Bonchev–Trinajstić information content (AvgIpc) is 2.92. The van der Waals surface area contributed by atoms with Gasteiger partial charge in [0.1, 0.15) is 5.76 Å². The summed E-state index contributed by atoms with van der Waals surface area (Å²) in [5.41, 5.74) is 0. The first-order chi connectivity index (χ1) is 9.52. The van der Waals surface area contributed by atoms with Gasteiger partial charge in [0.05, 0.1) is 12.8 Å². The summed E-state index contributed by atoms with van der Waals surface area (Å²) in [4.78, 5) is 24.1. The maximum Gasteiger partial charge on any atom is 0.317 e. The number of rotatable bonds is 8. The van der Waals surface area contributed by atoms with Crippen molar-refractivity contribution in [3.8, 4) is 0 Å². The van der Waals surface area contributed by atoms with E-state index in [4.69, 9.17) is 9.52 Å². The third-order valence-electron chi connectivity index (χ3n) is 3.05. The van der Waals surface area contributed by atoms with Crippen molar-refractivity contribution in [1.82, 2.24) is 10.2 Å². The zero-order chi connectivity index (χ0) is 15.0. The Bertz CT molecular complexity index is 417. The fraction of sp³-hybridized carbons (Fsp3) is 0.571. The largest absolute Gasteiger partial charge is 0.481 e. The van der Waals surface area contributed by atoms with Crippen molar-refractivity contribution in [2.45, 2.75) is 33.2 Å². The van der Waals surface area contributed by atoms with Gasteiger partial charge >= 0.3 is 12.0 Å². The van der Waals surface area contributed by atoms with Crippen LogP contribution >= 0.6 is 0 Å². The summed E-state index contributed by atoms with van der Waals surface area (Å²) in [6, 6.07) is 3.45. The lowest BCUT2D eigenvalue weighted by Gasteiger charge is -2.21. The van der Waals surface area contributed by atoms with Crippen molar-refractivity contribution in [2.75, 3.05) is 13.1 Å². The lowest BCUT2D eigenvalue weighted by Crippen LogP contribution is -2.41. The average molecular weight is 282 g/mol. The van der Waals surface area contributed by atoms with E-state index >= 15 is 0 Å². The van der Waals surface area contributed by atoms with E-state index in [0.29, 0.717) is 26.1 Å². The molecule has 0 aliphatic carbocycles. The number of carbonyl (C=O) groups excluding carboxylic acids is 1. The molecule has 1 aromatic heterocycles. The van der Waals surface area contributed by atoms with Crippen molar-refractivity contribution >= 4 is 12.0 Å². The predicted octanol–water partition coefficient (Wildman–Crippen LogP) is 2.31. The highest BCUT2D eigenvalue weighted by Gasteiger charge is 2.14. The molecule has 0 fully saturated rings. The molecule has 1 unspecified atom stereocenters. The number of furan rings is 1. The maximum atomic E-state index is 12.0. The number of nitrogens with zero attached hydrogens (tertiary/aromatic N) is 1. The van der Waals surface area contributed by atoms with Gasteiger partial charge in [0.2, 0.25) is 0 Å². The van der Waals surface area contributed by atoms with Crippen LogP contribution in [0.5, 0.6) is 0 Å².